The molecule has 0 radical (unpaired) electrons. The number of aromatic nitrogens is 1. The van der Waals surface area contributed by atoms with Crippen molar-refractivity contribution in [2.45, 2.75) is 40.0 Å². The van der Waals surface area contributed by atoms with Crippen molar-refractivity contribution in [3.63, 3.8) is 0 Å². The number of benzene rings is 1. The molecule has 0 spiro atoms. The van der Waals surface area contributed by atoms with Crippen LogP contribution in [0.3, 0.4) is 0 Å². The zero-order chi connectivity index (χ0) is 14.2. The summed E-state index contributed by atoms with van der Waals surface area (Å²) < 4.78 is 5.68. The van der Waals surface area contributed by atoms with E-state index in [0.29, 0.717) is 11.5 Å². The number of nitrogens with zero attached hydrogens (tertiary/aromatic N) is 1. The fourth-order valence-corrected chi connectivity index (χ4v) is 1.93. The standard InChI is InChI=1S/C15H19NO3/c1-9(14(17)18)10-5-6-12-11(7-10)16-13(19-12)8-15(2,3)4/h5-7,9H,8H2,1-4H3,(H,17,18). The molecule has 1 aromatic heterocycles. The maximum Gasteiger partial charge on any atom is 0.310 e. The Bertz CT molecular complexity index is 607. The van der Waals surface area contributed by atoms with E-state index in [1.165, 1.54) is 0 Å². The Morgan fingerprint density at radius 2 is 2.11 bits per heavy atom. The molecule has 1 heterocycles. The lowest BCUT2D eigenvalue weighted by atomic mass is 9.92. The number of oxazole rings is 1. The maximum absolute atomic E-state index is 11.0. The van der Waals surface area contributed by atoms with Crippen LogP contribution in [-0.2, 0) is 11.2 Å². The Kier molecular flexibility index (Phi) is 3.35. The SMILES string of the molecule is CC(C(=O)O)c1ccc2oc(CC(C)(C)C)nc2c1. The van der Waals surface area contributed by atoms with Crippen LogP contribution in [-0.4, -0.2) is 16.1 Å². The van der Waals surface area contributed by atoms with Crippen molar-refractivity contribution in [3.05, 3.63) is 29.7 Å². The first kappa shape index (κ1) is 13.6. The van der Waals surface area contributed by atoms with Crippen molar-refractivity contribution in [2.24, 2.45) is 5.41 Å². The van der Waals surface area contributed by atoms with Gasteiger partial charge in [-0.15, -0.1) is 0 Å². The molecule has 2 rings (SSSR count). The molecule has 0 fully saturated rings. The van der Waals surface area contributed by atoms with E-state index < -0.39 is 11.9 Å². The molecule has 19 heavy (non-hydrogen) atoms. The fourth-order valence-electron chi connectivity index (χ4n) is 1.93. The lowest BCUT2D eigenvalue weighted by Crippen LogP contribution is -2.09. The van der Waals surface area contributed by atoms with Crippen molar-refractivity contribution < 1.29 is 14.3 Å². The minimum absolute atomic E-state index is 0.109. The predicted molar refractivity (Wildman–Crippen MR) is 73.2 cm³/mol. The Hall–Kier alpha value is -1.84. The number of aliphatic carboxylic acids is 1. The third kappa shape index (κ3) is 3.13. The smallest absolute Gasteiger partial charge is 0.310 e. The van der Waals surface area contributed by atoms with Gasteiger partial charge in [0.25, 0.3) is 0 Å². The first-order chi connectivity index (χ1) is 8.76. The quantitative estimate of drug-likeness (QED) is 0.916. The zero-order valence-corrected chi connectivity index (χ0v) is 11.7. The van der Waals surface area contributed by atoms with Crippen LogP contribution in [0.4, 0.5) is 0 Å². The topological polar surface area (TPSA) is 63.3 Å². The van der Waals surface area contributed by atoms with Gasteiger partial charge >= 0.3 is 5.97 Å². The molecule has 1 unspecified atom stereocenters. The number of carboxylic acids is 1. The Morgan fingerprint density at radius 3 is 2.68 bits per heavy atom. The largest absolute Gasteiger partial charge is 0.481 e. The minimum Gasteiger partial charge on any atom is -0.481 e. The summed E-state index contributed by atoms with van der Waals surface area (Å²) in [7, 11) is 0. The molecule has 1 atom stereocenters. The highest BCUT2D eigenvalue weighted by Crippen LogP contribution is 2.26. The van der Waals surface area contributed by atoms with E-state index in [9.17, 15) is 4.79 Å². The first-order valence-corrected chi connectivity index (χ1v) is 6.38. The normalized spacial score (nSPS) is 13.7. The number of carboxylic acid groups (broad SMARTS) is 1. The van der Waals surface area contributed by atoms with Crippen molar-refractivity contribution in [1.29, 1.82) is 0 Å². The molecule has 0 aliphatic rings. The van der Waals surface area contributed by atoms with Gasteiger partial charge in [-0.1, -0.05) is 26.8 Å². The lowest BCUT2D eigenvalue weighted by molar-refractivity contribution is -0.138. The van der Waals surface area contributed by atoms with E-state index in [2.05, 4.69) is 25.8 Å². The number of fused-ring (bicyclic) bond motifs is 1. The van der Waals surface area contributed by atoms with Crippen LogP contribution in [0, 0.1) is 5.41 Å². The van der Waals surface area contributed by atoms with Gasteiger partial charge in [0.05, 0.1) is 5.92 Å². The fraction of sp³-hybridized carbons (Fsp3) is 0.467. The first-order valence-electron chi connectivity index (χ1n) is 6.38. The van der Waals surface area contributed by atoms with E-state index in [1.807, 2.05) is 0 Å². The number of carbonyl (C=O) groups is 1. The van der Waals surface area contributed by atoms with Gasteiger partial charge < -0.3 is 9.52 Å². The Labute approximate surface area is 112 Å². The van der Waals surface area contributed by atoms with Gasteiger partial charge in [0, 0.05) is 6.42 Å². The van der Waals surface area contributed by atoms with E-state index in [-0.39, 0.29) is 5.41 Å². The molecule has 0 saturated heterocycles. The zero-order valence-electron chi connectivity index (χ0n) is 11.7. The average molecular weight is 261 g/mol. The molecule has 1 aromatic carbocycles. The monoisotopic (exact) mass is 261 g/mol. The number of hydrogen-bond donors (Lipinski definition) is 1. The van der Waals surface area contributed by atoms with Gasteiger partial charge in [0.15, 0.2) is 11.5 Å². The van der Waals surface area contributed by atoms with Crippen LogP contribution < -0.4 is 0 Å². The summed E-state index contributed by atoms with van der Waals surface area (Å²) in [5.74, 6) is -0.674. The Balaban J connectivity index is 2.36. The van der Waals surface area contributed by atoms with Crippen molar-refractivity contribution in [2.75, 3.05) is 0 Å². The lowest BCUT2D eigenvalue weighted by Gasteiger charge is -2.14. The highest BCUT2D eigenvalue weighted by molar-refractivity contribution is 5.79. The second kappa shape index (κ2) is 4.68. The maximum atomic E-state index is 11.0. The predicted octanol–water partition coefficient (Wildman–Crippen LogP) is 3.60. The summed E-state index contributed by atoms with van der Waals surface area (Å²) in [4.78, 5) is 15.4. The average Bonchev–Trinajstić information content (AvgIpc) is 2.65. The molecule has 1 N–H and O–H groups in total. The second-order valence-corrected chi connectivity index (χ2v) is 6.13. The van der Waals surface area contributed by atoms with Crippen LogP contribution in [0.5, 0.6) is 0 Å². The summed E-state index contributed by atoms with van der Waals surface area (Å²) in [6.45, 7) is 8.04. The second-order valence-electron chi connectivity index (χ2n) is 6.13. The molecule has 0 aliphatic heterocycles. The van der Waals surface area contributed by atoms with E-state index >= 15 is 0 Å². The Morgan fingerprint density at radius 1 is 1.42 bits per heavy atom. The highest BCUT2D eigenvalue weighted by Gasteiger charge is 2.18. The summed E-state index contributed by atoms with van der Waals surface area (Å²) >= 11 is 0. The van der Waals surface area contributed by atoms with Gasteiger partial charge in [-0.25, -0.2) is 4.98 Å². The molecular formula is C15H19NO3. The van der Waals surface area contributed by atoms with Crippen LogP contribution in [0.15, 0.2) is 22.6 Å². The molecule has 2 aromatic rings. The summed E-state index contributed by atoms with van der Waals surface area (Å²) in [6.07, 6.45) is 0.755. The molecular weight excluding hydrogens is 242 g/mol. The van der Waals surface area contributed by atoms with Gasteiger partial charge in [-0.05, 0) is 30.0 Å². The van der Waals surface area contributed by atoms with E-state index in [0.717, 1.165) is 17.5 Å². The molecule has 0 saturated carbocycles. The van der Waals surface area contributed by atoms with Crippen LogP contribution in [0.25, 0.3) is 11.1 Å². The van der Waals surface area contributed by atoms with Crippen LogP contribution >= 0.6 is 0 Å². The summed E-state index contributed by atoms with van der Waals surface area (Å²) in [5.41, 5.74) is 2.29. The number of hydrogen-bond acceptors (Lipinski definition) is 3. The summed E-state index contributed by atoms with van der Waals surface area (Å²) in [6, 6.07) is 5.38. The molecule has 4 heteroatoms. The van der Waals surface area contributed by atoms with E-state index in [1.54, 1.807) is 25.1 Å². The van der Waals surface area contributed by atoms with Crippen LogP contribution in [0.1, 0.15) is 45.1 Å². The third-order valence-corrected chi connectivity index (χ3v) is 3.01. The minimum atomic E-state index is -0.835. The van der Waals surface area contributed by atoms with Gasteiger partial charge in [-0.3, -0.25) is 4.79 Å². The highest BCUT2D eigenvalue weighted by atomic mass is 16.4. The molecule has 0 amide bonds. The van der Waals surface area contributed by atoms with E-state index in [4.69, 9.17) is 9.52 Å². The summed E-state index contributed by atoms with van der Waals surface area (Å²) in [5, 5.41) is 9.02. The van der Waals surface area contributed by atoms with Crippen molar-refractivity contribution in [1.82, 2.24) is 4.98 Å². The molecule has 0 aliphatic carbocycles. The van der Waals surface area contributed by atoms with Gasteiger partial charge in [0.1, 0.15) is 5.52 Å². The molecule has 102 valence electrons. The molecule has 0 bridgehead atoms. The van der Waals surface area contributed by atoms with Gasteiger partial charge in [-0.2, -0.15) is 0 Å². The van der Waals surface area contributed by atoms with Crippen LogP contribution in [0.2, 0.25) is 0 Å². The van der Waals surface area contributed by atoms with Crippen molar-refractivity contribution in [3.8, 4) is 0 Å². The molecule has 4 nitrogen and oxygen atoms in total. The number of rotatable bonds is 3. The van der Waals surface area contributed by atoms with Crippen molar-refractivity contribution >= 4 is 17.1 Å². The van der Waals surface area contributed by atoms with Gasteiger partial charge in [0.2, 0.25) is 0 Å². The third-order valence-electron chi connectivity index (χ3n) is 3.01.